The van der Waals surface area contributed by atoms with Crippen LogP contribution in [0.1, 0.15) is 112 Å². The van der Waals surface area contributed by atoms with Gasteiger partial charge in [-0.3, -0.25) is 19.4 Å². The average Bonchev–Trinajstić information content (AvgIpc) is 4.13. The molecule has 10 nitrogen and oxygen atoms in total. The minimum atomic E-state index is -0.314. The van der Waals surface area contributed by atoms with Crippen LogP contribution in [-0.2, 0) is 16.0 Å². The zero-order valence-corrected chi connectivity index (χ0v) is 36.4. The SMILES string of the molecule is CCN(CC)[C@@H](C(=O)N1CCC[C@H]1c1nc2ccc(-c3ccc4c(c3)CCCC3=C4NC([C@@H]4CCCN4C(=O)[C@@H](c4ccccc4)N(CC)CC)N3)cc2[nH]1)c1ccccc1. The first-order valence-electron chi connectivity index (χ1n) is 23.0. The lowest BCUT2D eigenvalue weighted by Gasteiger charge is -2.37. The zero-order valence-electron chi connectivity index (χ0n) is 36.4. The van der Waals surface area contributed by atoms with Gasteiger partial charge in [0.2, 0.25) is 11.8 Å². The Bertz CT molecular complexity index is 2370. The second-order valence-electron chi connectivity index (χ2n) is 17.2. The quantitative estimate of drug-likeness (QED) is 0.110. The number of amides is 2. The highest BCUT2D eigenvalue weighted by atomic mass is 16.2. The number of fused-ring (bicyclic) bond motifs is 3. The molecule has 1 aliphatic carbocycles. The standard InChI is InChI=1S/C51H62N8O2/c1-5-56(6-2)46(34-18-11-9-12-19-34)50(60)58-30-16-24-43(58)48-52-40-29-27-37(33-42(40)54-48)36-26-28-39-38(32-36)22-15-23-41-45(39)55-49(53-41)44-25-17-31-59(44)51(61)47(57(7-3)8-4)35-20-13-10-14-21-35/h9-14,18-21,26-29,32-33,43-44,46-47,49,53,55H,5-8,15-17,22-25,30-31H2,1-4H3,(H,52,54)/t43-,44-,46+,47+,49?/m0/s1. The molecule has 3 aliphatic heterocycles. The lowest BCUT2D eigenvalue weighted by atomic mass is 9.96. The van der Waals surface area contributed by atoms with E-state index in [2.05, 4.69) is 124 Å². The number of carbonyl (C=O) groups is 2. The van der Waals surface area contributed by atoms with Gasteiger partial charge < -0.3 is 25.4 Å². The van der Waals surface area contributed by atoms with E-state index in [1.165, 1.54) is 28.1 Å². The summed E-state index contributed by atoms with van der Waals surface area (Å²) in [6.45, 7) is 13.3. The maximum absolute atomic E-state index is 14.5. The second-order valence-corrected chi connectivity index (χ2v) is 17.2. The molecular weight excluding hydrogens is 757 g/mol. The first kappa shape index (κ1) is 40.9. The lowest BCUT2D eigenvalue weighted by molar-refractivity contribution is -0.139. The number of benzene rings is 4. The van der Waals surface area contributed by atoms with Crippen molar-refractivity contribution >= 4 is 28.5 Å². The van der Waals surface area contributed by atoms with Crippen LogP contribution in [0.25, 0.3) is 27.9 Å². The molecule has 3 N–H and O–H groups in total. The largest absolute Gasteiger partial charge is 0.365 e. The molecule has 9 rings (SSSR count). The van der Waals surface area contributed by atoms with Crippen LogP contribution in [0.3, 0.4) is 0 Å². The van der Waals surface area contributed by atoms with Crippen molar-refractivity contribution in [1.29, 1.82) is 0 Å². The van der Waals surface area contributed by atoms with Gasteiger partial charge in [-0.25, -0.2) is 4.98 Å². The smallest absolute Gasteiger partial charge is 0.245 e. The van der Waals surface area contributed by atoms with E-state index in [-0.39, 0.29) is 42.1 Å². The molecule has 0 radical (unpaired) electrons. The van der Waals surface area contributed by atoms with Gasteiger partial charge in [-0.1, -0.05) is 113 Å². The van der Waals surface area contributed by atoms with Gasteiger partial charge in [-0.15, -0.1) is 0 Å². The van der Waals surface area contributed by atoms with Gasteiger partial charge in [0.15, 0.2) is 0 Å². The second kappa shape index (κ2) is 17.9. The molecule has 4 aromatic carbocycles. The third kappa shape index (κ3) is 7.85. The average molecular weight is 819 g/mol. The number of aromatic amines is 1. The first-order valence-corrected chi connectivity index (χ1v) is 23.0. The lowest BCUT2D eigenvalue weighted by Crippen LogP contribution is -2.54. The highest BCUT2D eigenvalue weighted by molar-refractivity contribution is 5.86. The molecule has 5 atom stereocenters. The number of nitrogens with zero attached hydrogens (tertiary/aromatic N) is 5. The molecule has 1 unspecified atom stereocenters. The molecule has 4 aliphatic rings. The van der Waals surface area contributed by atoms with Crippen molar-refractivity contribution in [3.8, 4) is 11.1 Å². The summed E-state index contributed by atoms with van der Waals surface area (Å²) in [6, 6.07) is 33.3. The molecule has 2 fully saturated rings. The maximum Gasteiger partial charge on any atom is 0.245 e. The van der Waals surface area contributed by atoms with E-state index in [9.17, 15) is 9.59 Å². The van der Waals surface area contributed by atoms with Crippen LogP contribution < -0.4 is 10.6 Å². The van der Waals surface area contributed by atoms with Gasteiger partial charge in [-0.05, 0) is 111 Å². The van der Waals surface area contributed by atoms with Crippen molar-refractivity contribution < 1.29 is 9.59 Å². The molecule has 4 heterocycles. The summed E-state index contributed by atoms with van der Waals surface area (Å²) in [7, 11) is 0. The van der Waals surface area contributed by atoms with Crippen LogP contribution in [0.5, 0.6) is 0 Å². The van der Waals surface area contributed by atoms with Gasteiger partial charge in [0.05, 0.1) is 28.8 Å². The van der Waals surface area contributed by atoms with Gasteiger partial charge >= 0.3 is 0 Å². The first-order chi connectivity index (χ1) is 29.9. The molecular formula is C51H62N8O2. The summed E-state index contributed by atoms with van der Waals surface area (Å²) in [5.41, 5.74) is 11.4. The van der Waals surface area contributed by atoms with Crippen molar-refractivity contribution in [3.05, 3.63) is 131 Å². The fourth-order valence-electron chi connectivity index (χ4n) is 10.7. The monoisotopic (exact) mass is 818 g/mol. The summed E-state index contributed by atoms with van der Waals surface area (Å²) in [6.07, 6.45) is 6.83. The normalized spacial score (nSPS) is 21.0. The van der Waals surface area contributed by atoms with Crippen LogP contribution in [0.4, 0.5) is 0 Å². The van der Waals surface area contributed by atoms with Gasteiger partial charge in [0.25, 0.3) is 0 Å². The van der Waals surface area contributed by atoms with E-state index < -0.39 is 0 Å². The Balaban J connectivity index is 0.930. The van der Waals surface area contributed by atoms with Crippen LogP contribution in [0.15, 0.2) is 103 Å². The Kier molecular flexibility index (Phi) is 12.0. The summed E-state index contributed by atoms with van der Waals surface area (Å²) in [5.74, 6) is 1.22. The minimum Gasteiger partial charge on any atom is -0.365 e. The van der Waals surface area contributed by atoms with Crippen LogP contribution >= 0.6 is 0 Å². The van der Waals surface area contributed by atoms with Gasteiger partial charge in [-0.2, -0.15) is 0 Å². The van der Waals surface area contributed by atoms with E-state index >= 15 is 0 Å². The number of aryl methyl sites for hydroxylation is 1. The molecule has 318 valence electrons. The number of aromatic nitrogens is 2. The van der Waals surface area contributed by atoms with Crippen LogP contribution in [0.2, 0.25) is 0 Å². The van der Waals surface area contributed by atoms with E-state index in [0.29, 0.717) is 0 Å². The van der Waals surface area contributed by atoms with Gasteiger partial charge in [0.1, 0.15) is 24.1 Å². The molecule has 61 heavy (non-hydrogen) atoms. The molecule has 1 aromatic heterocycles. The summed E-state index contributed by atoms with van der Waals surface area (Å²) in [5, 5.41) is 7.81. The van der Waals surface area contributed by atoms with E-state index in [4.69, 9.17) is 4.98 Å². The van der Waals surface area contributed by atoms with Crippen LogP contribution in [-0.4, -0.2) is 92.9 Å². The van der Waals surface area contributed by atoms with E-state index in [1.807, 2.05) is 36.4 Å². The number of carbonyl (C=O) groups excluding carboxylic acids is 2. The summed E-state index contributed by atoms with van der Waals surface area (Å²) < 4.78 is 0. The zero-order chi connectivity index (χ0) is 42.0. The summed E-state index contributed by atoms with van der Waals surface area (Å²) >= 11 is 0. The molecule has 2 saturated heterocycles. The molecule has 0 saturated carbocycles. The summed E-state index contributed by atoms with van der Waals surface area (Å²) in [4.78, 5) is 46.4. The Morgan fingerprint density at radius 3 is 1.97 bits per heavy atom. The number of hydrogen-bond donors (Lipinski definition) is 3. The predicted molar refractivity (Wildman–Crippen MR) is 244 cm³/mol. The number of likely N-dealkylation sites (N-methyl/N-ethyl adjacent to an activating group) is 2. The Morgan fingerprint density at radius 1 is 0.689 bits per heavy atom. The van der Waals surface area contributed by atoms with Crippen molar-refractivity contribution in [2.45, 2.75) is 103 Å². The van der Waals surface area contributed by atoms with Crippen LogP contribution in [0, 0.1) is 0 Å². The third-order valence-electron chi connectivity index (χ3n) is 13.9. The Hall–Kier alpha value is -5.45. The highest BCUT2D eigenvalue weighted by Crippen LogP contribution is 2.39. The Labute approximate surface area is 361 Å². The molecule has 5 aromatic rings. The van der Waals surface area contributed by atoms with Crippen molar-refractivity contribution in [2.75, 3.05) is 39.3 Å². The highest BCUT2D eigenvalue weighted by Gasteiger charge is 2.43. The maximum atomic E-state index is 14.5. The fourth-order valence-corrected chi connectivity index (χ4v) is 10.7. The number of imidazole rings is 1. The molecule has 2 amide bonds. The molecule has 0 bridgehead atoms. The number of hydrogen-bond acceptors (Lipinski definition) is 7. The van der Waals surface area contributed by atoms with Crippen molar-refractivity contribution in [3.63, 3.8) is 0 Å². The third-order valence-corrected chi connectivity index (χ3v) is 13.9. The minimum absolute atomic E-state index is 0.0280. The van der Waals surface area contributed by atoms with Crippen molar-refractivity contribution in [1.82, 2.24) is 40.2 Å². The number of allylic oxidation sites excluding steroid dienone is 1. The van der Waals surface area contributed by atoms with E-state index in [1.54, 1.807) is 0 Å². The molecule has 0 spiro atoms. The van der Waals surface area contributed by atoms with Crippen molar-refractivity contribution in [2.24, 2.45) is 0 Å². The number of H-pyrrole nitrogens is 1. The number of likely N-dealkylation sites (tertiary alicyclic amines) is 2. The predicted octanol–water partition coefficient (Wildman–Crippen LogP) is 8.57. The number of rotatable bonds is 13. The fraction of sp³-hybridized carbons (Fsp3) is 0.431. The molecule has 10 heteroatoms. The Morgan fingerprint density at radius 2 is 1.30 bits per heavy atom. The topological polar surface area (TPSA) is 99.8 Å². The van der Waals surface area contributed by atoms with Gasteiger partial charge in [0, 0.05) is 24.4 Å². The van der Waals surface area contributed by atoms with E-state index in [0.717, 1.165) is 118 Å². The number of nitrogens with one attached hydrogen (secondary N) is 3.